The number of ether oxygens (including phenoxy) is 1. The fourth-order valence-corrected chi connectivity index (χ4v) is 1.71. The highest BCUT2D eigenvalue weighted by Crippen LogP contribution is 2.35. The fourth-order valence-electron chi connectivity index (χ4n) is 1.71. The molecule has 1 aliphatic rings. The van der Waals surface area contributed by atoms with Gasteiger partial charge in [-0.3, -0.25) is 0 Å². The van der Waals surface area contributed by atoms with E-state index >= 15 is 0 Å². The zero-order valence-corrected chi connectivity index (χ0v) is 11.1. The van der Waals surface area contributed by atoms with Crippen molar-refractivity contribution in [2.75, 3.05) is 19.7 Å². The van der Waals surface area contributed by atoms with E-state index in [0.29, 0.717) is 13.2 Å². The molecule has 0 aromatic heterocycles. The van der Waals surface area contributed by atoms with Crippen LogP contribution in [0.15, 0.2) is 0 Å². The van der Waals surface area contributed by atoms with Crippen LogP contribution >= 0.6 is 0 Å². The van der Waals surface area contributed by atoms with E-state index < -0.39 is 6.10 Å². The first-order valence-corrected chi connectivity index (χ1v) is 6.41. The van der Waals surface area contributed by atoms with Gasteiger partial charge in [0.25, 0.3) is 0 Å². The van der Waals surface area contributed by atoms with Gasteiger partial charge in [-0.15, -0.1) is 0 Å². The van der Waals surface area contributed by atoms with Crippen LogP contribution in [0.25, 0.3) is 0 Å². The van der Waals surface area contributed by atoms with Crippen LogP contribution in [-0.2, 0) is 4.74 Å². The molecule has 2 N–H and O–H groups in total. The van der Waals surface area contributed by atoms with E-state index in [2.05, 4.69) is 12.2 Å². The molecule has 1 aliphatic carbocycles. The summed E-state index contributed by atoms with van der Waals surface area (Å²) in [6.45, 7) is 10.3. The molecule has 1 fully saturated rings. The number of rotatable bonds is 7. The van der Waals surface area contributed by atoms with E-state index in [1.165, 1.54) is 12.8 Å². The first kappa shape index (κ1) is 13.9. The summed E-state index contributed by atoms with van der Waals surface area (Å²) in [6.07, 6.45) is 2.38. The zero-order chi connectivity index (χ0) is 12.2. The van der Waals surface area contributed by atoms with Crippen molar-refractivity contribution in [1.82, 2.24) is 5.32 Å². The monoisotopic (exact) mass is 229 g/mol. The third-order valence-corrected chi connectivity index (χ3v) is 2.98. The van der Waals surface area contributed by atoms with E-state index in [1.54, 1.807) is 0 Å². The Morgan fingerprint density at radius 2 is 1.94 bits per heavy atom. The summed E-state index contributed by atoms with van der Waals surface area (Å²) in [7, 11) is 0. The maximum atomic E-state index is 9.69. The summed E-state index contributed by atoms with van der Waals surface area (Å²) in [5.41, 5.74) is -0.164. The first-order valence-electron chi connectivity index (χ1n) is 6.41. The SMILES string of the molecule is CC(CNCC(O)COC(C)(C)C)C1CC1. The van der Waals surface area contributed by atoms with Crippen LogP contribution in [0.4, 0.5) is 0 Å². The van der Waals surface area contributed by atoms with Crippen LogP contribution < -0.4 is 5.32 Å². The number of aliphatic hydroxyl groups excluding tert-OH is 1. The predicted molar refractivity (Wildman–Crippen MR) is 66.5 cm³/mol. The van der Waals surface area contributed by atoms with Gasteiger partial charge in [0, 0.05) is 6.54 Å². The topological polar surface area (TPSA) is 41.5 Å². The molecular formula is C13H27NO2. The quantitative estimate of drug-likeness (QED) is 0.699. The third-order valence-electron chi connectivity index (χ3n) is 2.98. The molecule has 0 amide bonds. The summed E-state index contributed by atoms with van der Waals surface area (Å²) < 4.78 is 5.52. The van der Waals surface area contributed by atoms with Crippen molar-refractivity contribution in [2.24, 2.45) is 11.8 Å². The highest BCUT2D eigenvalue weighted by molar-refractivity contribution is 4.80. The van der Waals surface area contributed by atoms with Crippen molar-refractivity contribution in [3.05, 3.63) is 0 Å². The maximum Gasteiger partial charge on any atom is 0.0897 e. The highest BCUT2D eigenvalue weighted by atomic mass is 16.5. The normalized spacial score (nSPS) is 20.8. The smallest absolute Gasteiger partial charge is 0.0897 e. The molecule has 0 heterocycles. The summed E-state index contributed by atoms with van der Waals surface area (Å²) in [5, 5.41) is 13.0. The molecule has 0 spiro atoms. The van der Waals surface area contributed by atoms with Crippen LogP contribution in [0.3, 0.4) is 0 Å². The van der Waals surface area contributed by atoms with Crippen molar-refractivity contribution in [1.29, 1.82) is 0 Å². The van der Waals surface area contributed by atoms with Crippen molar-refractivity contribution >= 4 is 0 Å². The van der Waals surface area contributed by atoms with Crippen LogP contribution in [0.2, 0.25) is 0 Å². The molecule has 1 saturated carbocycles. The predicted octanol–water partition coefficient (Wildman–Crippen LogP) is 1.80. The van der Waals surface area contributed by atoms with Crippen LogP contribution in [0, 0.1) is 11.8 Å². The van der Waals surface area contributed by atoms with E-state index in [-0.39, 0.29) is 5.60 Å². The van der Waals surface area contributed by atoms with Crippen LogP contribution in [0.1, 0.15) is 40.5 Å². The van der Waals surface area contributed by atoms with Crippen LogP contribution in [0.5, 0.6) is 0 Å². The highest BCUT2D eigenvalue weighted by Gasteiger charge is 2.27. The Morgan fingerprint density at radius 3 is 2.44 bits per heavy atom. The van der Waals surface area contributed by atoms with Gasteiger partial charge in [-0.25, -0.2) is 0 Å². The maximum absolute atomic E-state index is 9.69. The lowest BCUT2D eigenvalue weighted by atomic mass is 10.1. The van der Waals surface area contributed by atoms with Gasteiger partial charge in [0.15, 0.2) is 0 Å². The van der Waals surface area contributed by atoms with Crippen molar-refractivity contribution in [3.63, 3.8) is 0 Å². The lowest BCUT2D eigenvalue weighted by molar-refractivity contribution is -0.0479. The van der Waals surface area contributed by atoms with E-state index in [4.69, 9.17) is 4.74 Å². The standard InChI is InChI=1S/C13H27NO2/c1-10(11-5-6-11)7-14-8-12(15)9-16-13(2,3)4/h10-12,14-15H,5-9H2,1-4H3. The van der Waals surface area contributed by atoms with Gasteiger partial charge >= 0.3 is 0 Å². The Bertz CT molecular complexity index is 197. The van der Waals surface area contributed by atoms with E-state index in [0.717, 1.165) is 18.4 Å². The second kappa shape index (κ2) is 5.99. The Kier molecular flexibility index (Phi) is 5.22. The molecule has 1 rings (SSSR count). The Morgan fingerprint density at radius 1 is 1.31 bits per heavy atom. The molecule has 0 aromatic carbocycles. The van der Waals surface area contributed by atoms with Gasteiger partial charge < -0.3 is 15.2 Å². The average molecular weight is 229 g/mol. The van der Waals surface area contributed by atoms with Gasteiger partial charge in [-0.2, -0.15) is 0 Å². The minimum absolute atomic E-state index is 0.164. The Hall–Kier alpha value is -0.120. The number of nitrogens with one attached hydrogen (secondary N) is 1. The van der Waals surface area contributed by atoms with Gasteiger partial charge in [0.1, 0.15) is 0 Å². The molecular weight excluding hydrogens is 202 g/mol. The van der Waals surface area contributed by atoms with Gasteiger partial charge in [0.2, 0.25) is 0 Å². The fraction of sp³-hybridized carbons (Fsp3) is 1.00. The number of hydrogen-bond acceptors (Lipinski definition) is 3. The number of aliphatic hydroxyl groups is 1. The molecule has 2 atom stereocenters. The lowest BCUT2D eigenvalue weighted by Crippen LogP contribution is -2.35. The minimum Gasteiger partial charge on any atom is -0.389 e. The summed E-state index contributed by atoms with van der Waals surface area (Å²) in [6, 6.07) is 0. The summed E-state index contributed by atoms with van der Waals surface area (Å²) in [4.78, 5) is 0. The van der Waals surface area contributed by atoms with Crippen molar-refractivity contribution in [2.45, 2.75) is 52.2 Å². The number of hydrogen-bond donors (Lipinski definition) is 2. The van der Waals surface area contributed by atoms with E-state index in [1.807, 2.05) is 20.8 Å². The van der Waals surface area contributed by atoms with Crippen molar-refractivity contribution in [3.8, 4) is 0 Å². The van der Waals surface area contributed by atoms with Crippen LogP contribution in [-0.4, -0.2) is 36.5 Å². The van der Waals surface area contributed by atoms with Crippen molar-refractivity contribution < 1.29 is 9.84 Å². The summed E-state index contributed by atoms with van der Waals surface area (Å²) in [5.74, 6) is 1.67. The molecule has 0 aromatic rings. The molecule has 0 radical (unpaired) electrons. The van der Waals surface area contributed by atoms with Gasteiger partial charge in [0.05, 0.1) is 18.3 Å². The second-order valence-electron chi connectivity index (χ2n) is 6.05. The molecule has 3 heteroatoms. The molecule has 16 heavy (non-hydrogen) atoms. The molecule has 0 bridgehead atoms. The van der Waals surface area contributed by atoms with Gasteiger partial charge in [-0.05, 0) is 52.0 Å². The zero-order valence-electron chi connectivity index (χ0n) is 11.1. The Balaban J connectivity index is 1.99. The molecule has 2 unspecified atom stereocenters. The second-order valence-corrected chi connectivity index (χ2v) is 6.05. The van der Waals surface area contributed by atoms with E-state index in [9.17, 15) is 5.11 Å². The lowest BCUT2D eigenvalue weighted by Gasteiger charge is -2.22. The minimum atomic E-state index is -0.398. The molecule has 0 aliphatic heterocycles. The molecule has 3 nitrogen and oxygen atoms in total. The average Bonchev–Trinajstić information content (AvgIpc) is 2.96. The van der Waals surface area contributed by atoms with Gasteiger partial charge in [-0.1, -0.05) is 6.92 Å². The summed E-state index contributed by atoms with van der Waals surface area (Å²) >= 11 is 0. The Labute approximate surface area is 99.6 Å². The third kappa shape index (κ3) is 6.46. The largest absolute Gasteiger partial charge is 0.389 e. The molecule has 0 saturated heterocycles. The molecule has 96 valence electrons. The first-order chi connectivity index (χ1) is 7.38.